The Balaban J connectivity index is 1.65. The predicted octanol–water partition coefficient (Wildman–Crippen LogP) is 5.64. The van der Waals surface area contributed by atoms with Crippen LogP contribution >= 0.6 is 23.2 Å². The van der Waals surface area contributed by atoms with Crippen LogP contribution in [0.5, 0.6) is 11.5 Å². The Labute approximate surface area is 182 Å². The second kappa shape index (κ2) is 8.65. The number of nitrogens with one attached hydrogen (secondary N) is 2. The number of benzene rings is 3. The van der Waals surface area contributed by atoms with E-state index in [1.165, 1.54) is 0 Å². The number of halogens is 2. The van der Waals surface area contributed by atoms with Crippen LogP contribution in [0, 0.1) is 0 Å². The van der Waals surface area contributed by atoms with Crippen molar-refractivity contribution in [2.24, 2.45) is 0 Å². The maximum absolute atomic E-state index is 13.1. The molecule has 0 atom stereocenters. The molecule has 152 valence electrons. The van der Waals surface area contributed by atoms with E-state index in [9.17, 15) is 9.59 Å². The van der Waals surface area contributed by atoms with Gasteiger partial charge in [-0.3, -0.25) is 4.79 Å². The van der Waals surface area contributed by atoms with Crippen molar-refractivity contribution in [3.8, 4) is 11.5 Å². The molecular weight excluding hydrogens is 427 g/mol. The lowest BCUT2D eigenvalue weighted by atomic mass is 10.0. The van der Waals surface area contributed by atoms with Crippen LogP contribution < -0.4 is 20.1 Å². The minimum Gasteiger partial charge on any atom is -0.486 e. The molecule has 3 aromatic rings. The fourth-order valence-corrected chi connectivity index (χ4v) is 3.30. The summed E-state index contributed by atoms with van der Waals surface area (Å²) in [7, 11) is 0. The van der Waals surface area contributed by atoms with Crippen LogP contribution in [-0.4, -0.2) is 25.0 Å². The van der Waals surface area contributed by atoms with Gasteiger partial charge in [0.2, 0.25) is 0 Å². The van der Waals surface area contributed by atoms with Gasteiger partial charge in [-0.2, -0.15) is 0 Å². The number of carbonyl (C=O) groups excluding carboxylic acids is 2. The van der Waals surface area contributed by atoms with Crippen molar-refractivity contribution in [1.82, 2.24) is 0 Å². The number of fused-ring (bicyclic) bond motifs is 1. The summed E-state index contributed by atoms with van der Waals surface area (Å²) in [4.78, 5) is 25.7. The van der Waals surface area contributed by atoms with E-state index in [0.29, 0.717) is 51.7 Å². The summed E-state index contributed by atoms with van der Waals surface area (Å²) in [5.74, 6) is 0.605. The van der Waals surface area contributed by atoms with Crippen LogP contribution in [0.25, 0.3) is 0 Å². The molecule has 6 nitrogen and oxygen atoms in total. The minimum atomic E-state index is -0.529. The van der Waals surface area contributed by atoms with Crippen molar-refractivity contribution in [1.29, 1.82) is 0 Å². The van der Waals surface area contributed by atoms with E-state index < -0.39 is 6.03 Å². The van der Waals surface area contributed by atoms with Crippen molar-refractivity contribution >= 4 is 46.4 Å². The fraction of sp³-hybridized carbons (Fsp3) is 0.0909. The van der Waals surface area contributed by atoms with E-state index in [4.69, 9.17) is 32.7 Å². The molecule has 1 aliphatic heterocycles. The number of rotatable bonds is 4. The van der Waals surface area contributed by atoms with Gasteiger partial charge in [-0.25, -0.2) is 4.79 Å². The second-order valence-electron chi connectivity index (χ2n) is 6.47. The molecule has 4 rings (SSSR count). The molecule has 0 bridgehead atoms. The predicted molar refractivity (Wildman–Crippen MR) is 116 cm³/mol. The molecule has 2 N–H and O–H groups in total. The molecule has 0 aromatic heterocycles. The van der Waals surface area contributed by atoms with Crippen molar-refractivity contribution in [3.63, 3.8) is 0 Å². The van der Waals surface area contributed by atoms with E-state index in [1.807, 2.05) is 0 Å². The van der Waals surface area contributed by atoms with Gasteiger partial charge in [0.25, 0.3) is 0 Å². The van der Waals surface area contributed by atoms with Gasteiger partial charge in [-0.1, -0.05) is 29.3 Å². The zero-order valence-electron chi connectivity index (χ0n) is 15.6. The third kappa shape index (κ3) is 4.50. The summed E-state index contributed by atoms with van der Waals surface area (Å²) >= 11 is 11.9. The number of anilines is 2. The average molecular weight is 443 g/mol. The highest BCUT2D eigenvalue weighted by Crippen LogP contribution is 2.36. The number of carbonyl (C=O) groups is 2. The minimum absolute atomic E-state index is 0.266. The largest absolute Gasteiger partial charge is 0.486 e. The number of ether oxygens (including phenoxy) is 2. The Morgan fingerprint density at radius 3 is 2.20 bits per heavy atom. The van der Waals surface area contributed by atoms with E-state index in [2.05, 4.69) is 10.6 Å². The molecule has 0 fully saturated rings. The fourth-order valence-electron chi connectivity index (χ4n) is 2.99. The van der Waals surface area contributed by atoms with Crippen LogP contribution in [0.2, 0.25) is 10.0 Å². The number of ketones is 1. The summed E-state index contributed by atoms with van der Waals surface area (Å²) in [5, 5.41) is 6.42. The first-order chi connectivity index (χ1) is 14.5. The Hall–Kier alpha value is -3.22. The zero-order valence-corrected chi connectivity index (χ0v) is 17.1. The van der Waals surface area contributed by atoms with Crippen LogP contribution in [0.15, 0.2) is 60.7 Å². The van der Waals surface area contributed by atoms with E-state index in [0.717, 1.165) is 0 Å². The van der Waals surface area contributed by atoms with Gasteiger partial charge in [0.15, 0.2) is 17.3 Å². The van der Waals surface area contributed by atoms with Crippen LogP contribution in [0.3, 0.4) is 0 Å². The molecule has 30 heavy (non-hydrogen) atoms. The summed E-state index contributed by atoms with van der Waals surface area (Å²) in [6.45, 7) is 0.759. The zero-order chi connectivity index (χ0) is 21.1. The van der Waals surface area contributed by atoms with Crippen molar-refractivity contribution in [2.45, 2.75) is 0 Å². The molecule has 3 aromatic carbocycles. The normalized spacial score (nSPS) is 12.2. The van der Waals surface area contributed by atoms with Gasteiger partial charge in [-0.15, -0.1) is 0 Å². The molecular formula is C22H16Cl2N2O4. The van der Waals surface area contributed by atoms with Gasteiger partial charge in [0.05, 0.1) is 11.3 Å². The molecule has 8 heteroatoms. The first-order valence-corrected chi connectivity index (χ1v) is 9.83. The lowest BCUT2D eigenvalue weighted by Crippen LogP contribution is -2.22. The maximum Gasteiger partial charge on any atom is 0.323 e. The smallest absolute Gasteiger partial charge is 0.323 e. The van der Waals surface area contributed by atoms with Crippen LogP contribution in [0.1, 0.15) is 15.9 Å². The van der Waals surface area contributed by atoms with Crippen LogP contribution in [0.4, 0.5) is 16.2 Å². The highest BCUT2D eigenvalue weighted by atomic mass is 35.5. The Morgan fingerprint density at radius 1 is 0.800 bits per heavy atom. The van der Waals surface area contributed by atoms with E-state index in [-0.39, 0.29) is 11.3 Å². The summed E-state index contributed by atoms with van der Waals surface area (Å²) in [6, 6.07) is 15.9. The first-order valence-electron chi connectivity index (χ1n) is 9.07. The molecule has 0 unspecified atom stereocenters. The Kier molecular flexibility index (Phi) is 5.79. The highest BCUT2D eigenvalue weighted by molar-refractivity contribution is 6.31. The monoisotopic (exact) mass is 442 g/mol. The molecule has 2 amide bonds. The van der Waals surface area contributed by atoms with Crippen molar-refractivity contribution < 1.29 is 19.1 Å². The first kappa shape index (κ1) is 20.1. The van der Waals surface area contributed by atoms with Gasteiger partial charge in [0.1, 0.15) is 13.2 Å². The molecule has 0 saturated heterocycles. The van der Waals surface area contributed by atoms with Gasteiger partial charge >= 0.3 is 6.03 Å². The summed E-state index contributed by atoms with van der Waals surface area (Å²) in [5.41, 5.74) is 1.50. The second-order valence-corrected chi connectivity index (χ2v) is 7.34. The molecule has 1 heterocycles. The number of amides is 2. The SMILES string of the molecule is O=C(Nc1cccc(Cl)c1)Nc1cc2c(cc1C(=O)c1ccc(Cl)cc1)OCCO2. The van der Waals surface area contributed by atoms with Gasteiger partial charge in [-0.05, 0) is 48.5 Å². The van der Waals surface area contributed by atoms with Crippen molar-refractivity contribution in [3.05, 3.63) is 81.8 Å². The number of hydrogen-bond donors (Lipinski definition) is 2. The molecule has 0 radical (unpaired) electrons. The molecule has 1 aliphatic rings. The number of hydrogen-bond acceptors (Lipinski definition) is 4. The third-order valence-electron chi connectivity index (χ3n) is 4.36. The van der Waals surface area contributed by atoms with Gasteiger partial charge < -0.3 is 20.1 Å². The summed E-state index contributed by atoms with van der Waals surface area (Å²) < 4.78 is 11.2. The number of urea groups is 1. The summed E-state index contributed by atoms with van der Waals surface area (Å²) in [6.07, 6.45) is 0. The highest BCUT2D eigenvalue weighted by Gasteiger charge is 2.22. The Morgan fingerprint density at radius 2 is 1.50 bits per heavy atom. The maximum atomic E-state index is 13.1. The van der Waals surface area contributed by atoms with E-state index in [1.54, 1.807) is 60.7 Å². The lowest BCUT2D eigenvalue weighted by Gasteiger charge is -2.21. The topological polar surface area (TPSA) is 76.7 Å². The molecule has 0 spiro atoms. The molecule has 0 aliphatic carbocycles. The van der Waals surface area contributed by atoms with E-state index >= 15 is 0 Å². The third-order valence-corrected chi connectivity index (χ3v) is 4.85. The quantitative estimate of drug-likeness (QED) is 0.512. The van der Waals surface area contributed by atoms with Gasteiger partial charge in [0, 0.05) is 27.4 Å². The van der Waals surface area contributed by atoms with Crippen LogP contribution in [-0.2, 0) is 0 Å². The molecule has 0 saturated carbocycles. The Bertz CT molecular complexity index is 1120. The van der Waals surface area contributed by atoms with Crippen molar-refractivity contribution in [2.75, 3.05) is 23.8 Å². The average Bonchev–Trinajstić information content (AvgIpc) is 2.73. The lowest BCUT2D eigenvalue weighted by molar-refractivity contribution is 0.103. The standard InChI is InChI=1S/C22H16Cl2N2O4/c23-14-6-4-13(5-7-14)21(27)17-11-19-20(30-9-8-29-19)12-18(17)26-22(28)25-16-3-1-2-15(24)10-16/h1-7,10-12H,8-9H2,(H2,25,26,28).